The van der Waals surface area contributed by atoms with Crippen molar-refractivity contribution in [2.45, 2.75) is 13.0 Å². The highest BCUT2D eigenvalue weighted by Crippen LogP contribution is 2.38. The van der Waals surface area contributed by atoms with Crippen LogP contribution in [0.25, 0.3) is 0 Å². The van der Waals surface area contributed by atoms with Crippen LogP contribution in [0.1, 0.15) is 21.5 Å². The molecule has 2 N–H and O–H groups in total. The third kappa shape index (κ3) is 4.20. The minimum Gasteiger partial charge on any atom is -0.454 e. The highest BCUT2D eigenvalue weighted by molar-refractivity contribution is 6.37. The molecule has 0 spiro atoms. The van der Waals surface area contributed by atoms with Crippen molar-refractivity contribution in [3.8, 4) is 11.5 Å². The second kappa shape index (κ2) is 8.13. The van der Waals surface area contributed by atoms with Gasteiger partial charge in [0.1, 0.15) is 17.4 Å². The molecule has 8 heteroatoms. The number of carbonyl (C=O) groups excluding carboxylic acids is 1. The molecule has 154 valence electrons. The highest BCUT2D eigenvalue weighted by atomic mass is 35.5. The number of halogens is 4. The van der Waals surface area contributed by atoms with Crippen molar-refractivity contribution in [1.29, 1.82) is 0 Å². The SMILES string of the molecule is Nc1cc(Cl)c(Oc2ccc3c(c2)CCN(Cc2cc(F)cc(F)c2)C3=O)c(Cl)c1. The smallest absolute Gasteiger partial charge is 0.254 e. The summed E-state index contributed by atoms with van der Waals surface area (Å²) in [5.41, 5.74) is 7.85. The maximum absolute atomic E-state index is 13.4. The van der Waals surface area contributed by atoms with Gasteiger partial charge >= 0.3 is 0 Å². The van der Waals surface area contributed by atoms with E-state index >= 15 is 0 Å². The number of benzene rings is 3. The molecule has 4 nitrogen and oxygen atoms in total. The second-order valence-electron chi connectivity index (χ2n) is 6.99. The van der Waals surface area contributed by atoms with Gasteiger partial charge < -0.3 is 15.4 Å². The number of anilines is 1. The molecule has 0 saturated heterocycles. The predicted molar refractivity (Wildman–Crippen MR) is 112 cm³/mol. The van der Waals surface area contributed by atoms with Crippen LogP contribution in [-0.2, 0) is 13.0 Å². The van der Waals surface area contributed by atoms with Crippen molar-refractivity contribution < 1.29 is 18.3 Å². The molecule has 1 aliphatic rings. The minimum absolute atomic E-state index is 0.127. The summed E-state index contributed by atoms with van der Waals surface area (Å²) in [6.07, 6.45) is 0.569. The van der Waals surface area contributed by atoms with E-state index in [0.29, 0.717) is 35.5 Å². The van der Waals surface area contributed by atoms with Gasteiger partial charge in [-0.15, -0.1) is 0 Å². The number of nitrogen functional groups attached to an aromatic ring is 1. The number of carbonyl (C=O) groups is 1. The van der Waals surface area contributed by atoms with Crippen LogP contribution < -0.4 is 10.5 Å². The molecular formula is C22H16Cl2F2N2O2. The Kier molecular flexibility index (Phi) is 5.54. The van der Waals surface area contributed by atoms with Crippen LogP contribution in [0.15, 0.2) is 48.5 Å². The number of fused-ring (bicyclic) bond motifs is 1. The molecule has 4 rings (SSSR count). The van der Waals surface area contributed by atoms with Crippen molar-refractivity contribution in [1.82, 2.24) is 4.90 Å². The van der Waals surface area contributed by atoms with Crippen LogP contribution in [0.4, 0.5) is 14.5 Å². The molecule has 0 radical (unpaired) electrons. The fraction of sp³-hybridized carbons (Fsp3) is 0.136. The normalized spacial score (nSPS) is 13.3. The average molecular weight is 449 g/mol. The predicted octanol–water partition coefficient (Wildman–Crippen LogP) is 5.84. The quantitative estimate of drug-likeness (QED) is 0.509. The molecule has 0 saturated carbocycles. The summed E-state index contributed by atoms with van der Waals surface area (Å²) < 4.78 is 32.7. The van der Waals surface area contributed by atoms with Crippen LogP contribution in [0.3, 0.4) is 0 Å². The maximum Gasteiger partial charge on any atom is 0.254 e. The number of hydrogen-bond acceptors (Lipinski definition) is 3. The van der Waals surface area contributed by atoms with E-state index in [9.17, 15) is 13.6 Å². The molecule has 0 fully saturated rings. The van der Waals surface area contributed by atoms with Crippen LogP contribution in [0, 0.1) is 11.6 Å². The third-order valence-corrected chi connectivity index (χ3v) is 5.34. The molecular weight excluding hydrogens is 433 g/mol. The first kappa shape index (κ1) is 20.4. The Hall–Kier alpha value is -2.83. The number of amides is 1. The number of rotatable bonds is 4. The van der Waals surface area contributed by atoms with Crippen LogP contribution in [0.2, 0.25) is 10.0 Å². The number of nitrogens with zero attached hydrogens (tertiary/aromatic N) is 1. The van der Waals surface area contributed by atoms with Crippen molar-refractivity contribution in [2.75, 3.05) is 12.3 Å². The molecule has 3 aromatic rings. The van der Waals surface area contributed by atoms with Gasteiger partial charge in [0.05, 0.1) is 10.0 Å². The Morgan fingerprint density at radius 2 is 1.67 bits per heavy atom. The molecule has 0 unspecified atom stereocenters. The summed E-state index contributed by atoms with van der Waals surface area (Å²) >= 11 is 12.3. The molecule has 30 heavy (non-hydrogen) atoms. The lowest BCUT2D eigenvalue weighted by atomic mass is 9.98. The Morgan fingerprint density at radius 3 is 2.33 bits per heavy atom. The molecule has 0 bridgehead atoms. The number of nitrogens with two attached hydrogens (primary N) is 1. The van der Waals surface area contributed by atoms with Crippen LogP contribution >= 0.6 is 23.2 Å². The Morgan fingerprint density at radius 1 is 1.00 bits per heavy atom. The number of hydrogen-bond donors (Lipinski definition) is 1. The van der Waals surface area contributed by atoms with Gasteiger partial charge in [-0.3, -0.25) is 4.79 Å². The van der Waals surface area contributed by atoms with Gasteiger partial charge in [-0.1, -0.05) is 23.2 Å². The fourth-order valence-electron chi connectivity index (χ4n) is 3.44. The van der Waals surface area contributed by atoms with Crippen molar-refractivity contribution in [2.24, 2.45) is 0 Å². The van der Waals surface area contributed by atoms with Crippen molar-refractivity contribution in [3.05, 3.63) is 86.9 Å². The standard InChI is InChI=1S/C22H16Cl2F2N2O2/c23-19-9-16(27)10-20(24)21(19)30-17-1-2-18-13(7-17)3-4-28(22(18)29)11-12-5-14(25)8-15(26)6-12/h1-2,5-10H,3-4,11,27H2. The summed E-state index contributed by atoms with van der Waals surface area (Å²) in [6.45, 7) is 0.540. The van der Waals surface area contributed by atoms with Gasteiger partial charge in [-0.05, 0) is 60.0 Å². The van der Waals surface area contributed by atoms with E-state index in [0.717, 1.165) is 11.6 Å². The summed E-state index contributed by atoms with van der Waals surface area (Å²) in [5, 5.41) is 0.560. The zero-order valence-corrected chi connectivity index (χ0v) is 17.1. The zero-order chi connectivity index (χ0) is 21.4. The van der Waals surface area contributed by atoms with E-state index in [1.54, 1.807) is 23.1 Å². The van der Waals surface area contributed by atoms with E-state index in [1.165, 1.54) is 24.3 Å². The van der Waals surface area contributed by atoms with Gasteiger partial charge in [0.2, 0.25) is 0 Å². The lowest BCUT2D eigenvalue weighted by molar-refractivity contribution is 0.0726. The summed E-state index contributed by atoms with van der Waals surface area (Å²) in [5.74, 6) is -0.788. The second-order valence-corrected chi connectivity index (χ2v) is 7.80. The molecule has 0 aromatic heterocycles. The minimum atomic E-state index is -0.670. The molecule has 1 heterocycles. The van der Waals surface area contributed by atoms with Crippen LogP contribution in [-0.4, -0.2) is 17.4 Å². The van der Waals surface area contributed by atoms with Gasteiger partial charge in [0.15, 0.2) is 5.75 Å². The fourth-order valence-corrected chi connectivity index (χ4v) is 4.03. The Bertz CT molecular complexity index is 1110. The average Bonchev–Trinajstić information content (AvgIpc) is 2.66. The number of ether oxygens (including phenoxy) is 1. The third-order valence-electron chi connectivity index (χ3n) is 4.78. The molecule has 1 amide bonds. The molecule has 0 atom stereocenters. The first-order valence-corrected chi connectivity index (χ1v) is 9.85. The van der Waals surface area contributed by atoms with Crippen molar-refractivity contribution in [3.63, 3.8) is 0 Å². The van der Waals surface area contributed by atoms with Gasteiger partial charge in [0, 0.05) is 30.4 Å². The van der Waals surface area contributed by atoms with E-state index < -0.39 is 11.6 Å². The molecule has 3 aromatic carbocycles. The summed E-state index contributed by atoms with van der Waals surface area (Å²) in [4.78, 5) is 14.4. The first-order valence-electron chi connectivity index (χ1n) is 9.09. The summed E-state index contributed by atoms with van der Waals surface area (Å²) in [7, 11) is 0. The highest BCUT2D eigenvalue weighted by Gasteiger charge is 2.25. The Balaban J connectivity index is 1.54. The van der Waals surface area contributed by atoms with Gasteiger partial charge in [-0.25, -0.2) is 8.78 Å². The topological polar surface area (TPSA) is 55.6 Å². The summed E-state index contributed by atoms with van der Waals surface area (Å²) in [6, 6.07) is 11.4. The molecule has 1 aliphatic heterocycles. The van der Waals surface area contributed by atoms with E-state index in [2.05, 4.69) is 0 Å². The van der Waals surface area contributed by atoms with E-state index in [4.69, 9.17) is 33.7 Å². The lowest BCUT2D eigenvalue weighted by Crippen LogP contribution is -2.37. The zero-order valence-electron chi connectivity index (χ0n) is 15.6. The van der Waals surface area contributed by atoms with Crippen LogP contribution in [0.5, 0.6) is 11.5 Å². The first-order chi connectivity index (χ1) is 14.3. The monoisotopic (exact) mass is 448 g/mol. The van der Waals surface area contributed by atoms with Gasteiger partial charge in [-0.2, -0.15) is 0 Å². The Labute approximate surface area is 181 Å². The van der Waals surface area contributed by atoms with E-state index in [-0.39, 0.29) is 28.2 Å². The van der Waals surface area contributed by atoms with E-state index in [1.807, 2.05) is 0 Å². The largest absolute Gasteiger partial charge is 0.454 e. The lowest BCUT2D eigenvalue weighted by Gasteiger charge is -2.29. The maximum atomic E-state index is 13.4. The van der Waals surface area contributed by atoms with Crippen molar-refractivity contribution >= 4 is 34.8 Å². The molecule has 0 aliphatic carbocycles. The van der Waals surface area contributed by atoms with Gasteiger partial charge in [0.25, 0.3) is 5.91 Å².